The molecule has 0 fully saturated rings. The minimum Gasteiger partial charge on any atom is -0.495 e. The molecule has 172 valence electrons. The molecule has 2 heterocycles. The number of imide groups is 1. The van der Waals surface area contributed by atoms with Gasteiger partial charge in [-0.3, -0.25) is 9.59 Å². The standard InChI is InChI=1S/C26H20Cl2N2O3S/c1-33-22-11-8-19(28)14-21(22)30-25(31)23(29-13-12-16-4-2-3-5-17(16)15-29)24(26(30)32)34-20-9-6-18(27)7-10-20/h2-11,14H,12-13,15H2,1H3. The molecular formula is C26H20Cl2N2O3S. The lowest BCUT2D eigenvalue weighted by Gasteiger charge is -2.31. The minimum atomic E-state index is -0.403. The normalized spacial score (nSPS) is 15.7. The number of carbonyl (C=O) groups excluding carboxylic acids is 2. The molecule has 0 atom stereocenters. The highest BCUT2D eigenvalue weighted by Crippen LogP contribution is 2.43. The first-order chi connectivity index (χ1) is 16.5. The van der Waals surface area contributed by atoms with Crippen molar-refractivity contribution in [1.29, 1.82) is 0 Å². The van der Waals surface area contributed by atoms with Crippen molar-refractivity contribution in [3.8, 4) is 5.75 Å². The summed E-state index contributed by atoms with van der Waals surface area (Å²) in [6.07, 6.45) is 0.792. The predicted octanol–water partition coefficient (Wildman–Crippen LogP) is 5.94. The van der Waals surface area contributed by atoms with E-state index in [1.165, 1.54) is 29.3 Å². The van der Waals surface area contributed by atoms with Crippen molar-refractivity contribution in [2.24, 2.45) is 0 Å². The maximum atomic E-state index is 13.8. The van der Waals surface area contributed by atoms with Gasteiger partial charge in [-0.15, -0.1) is 0 Å². The molecule has 2 aliphatic rings. The molecule has 8 heteroatoms. The van der Waals surface area contributed by atoms with E-state index in [9.17, 15) is 9.59 Å². The number of methoxy groups -OCH3 is 1. The largest absolute Gasteiger partial charge is 0.495 e. The monoisotopic (exact) mass is 510 g/mol. The average molecular weight is 511 g/mol. The topological polar surface area (TPSA) is 49.9 Å². The van der Waals surface area contributed by atoms with Gasteiger partial charge in [-0.1, -0.05) is 59.2 Å². The molecule has 0 aromatic heterocycles. The Morgan fingerprint density at radius 2 is 1.59 bits per heavy atom. The fourth-order valence-electron chi connectivity index (χ4n) is 4.23. The highest BCUT2D eigenvalue weighted by atomic mass is 35.5. The zero-order valence-corrected chi connectivity index (χ0v) is 20.6. The smallest absolute Gasteiger partial charge is 0.283 e. The molecule has 34 heavy (non-hydrogen) atoms. The molecule has 0 saturated heterocycles. The summed E-state index contributed by atoms with van der Waals surface area (Å²) >= 11 is 13.5. The van der Waals surface area contributed by atoms with Gasteiger partial charge in [0.25, 0.3) is 11.8 Å². The maximum absolute atomic E-state index is 13.8. The van der Waals surface area contributed by atoms with E-state index in [1.54, 1.807) is 30.3 Å². The van der Waals surface area contributed by atoms with Crippen molar-refractivity contribution in [3.05, 3.63) is 98.5 Å². The Hall–Kier alpha value is -2.93. The Morgan fingerprint density at radius 1 is 0.882 bits per heavy atom. The highest BCUT2D eigenvalue weighted by molar-refractivity contribution is 8.04. The second-order valence-electron chi connectivity index (χ2n) is 7.94. The number of carbonyl (C=O) groups is 2. The highest BCUT2D eigenvalue weighted by Gasteiger charge is 2.44. The summed E-state index contributed by atoms with van der Waals surface area (Å²) in [5.41, 5.74) is 3.13. The van der Waals surface area contributed by atoms with Crippen LogP contribution in [0.5, 0.6) is 5.75 Å². The number of hydrogen-bond donors (Lipinski definition) is 0. The fraction of sp³-hybridized carbons (Fsp3) is 0.154. The fourth-order valence-corrected chi connectivity index (χ4v) is 5.52. The lowest BCUT2D eigenvalue weighted by Crippen LogP contribution is -2.37. The Balaban J connectivity index is 1.59. The van der Waals surface area contributed by atoms with Crippen molar-refractivity contribution in [2.45, 2.75) is 17.9 Å². The number of benzene rings is 3. The lowest BCUT2D eigenvalue weighted by atomic mass is 9.99. The van der Waals surface area contributed by atoms with E-state index in [0.717, 1.165) is 16.9 Å². The lowest BCUT2D eigenvalue weighted by molar-refractivity contribution is -0.121. The van der Waals surface area contributed by atoms with Gasteiger partial charge >= 0.3 is 0 Å². The van der Waals surface area contributed by atoms with Crippen molar-refractivity contribution in [1.82, 2.24) is 4.90 Å². The molecule has 2 aliphatic heterocycles. The van der Waals surface area contributed by atoms with Gasteiger partial charge in [-0.05, 0) is 60.0 Å². The Morgan fingerprint density at radius 3 is 2.32 bits per heavy atom. The van der Waals surface area contributed by atoms with Crippen LogP contribution in [0.3, 0.4) is 0 Å². The summed E-state index contributed by atoms with van der Waals surface area (Å²) in [7, 11) is 1.50. The zero-order valence-electron chi connectivity index (χ0n) is 18.3. The predicted molar refractivity (Wildman–Crippen MR) is 135 cm³/mol. The van der Waals surface area contributed by atoms with E-state index < -0.39 is 5.91 Å². The van der Waals surface area contributed by atoms with E-state index in [4.69, 9.17) is 27.9 Å². The van der Waals surface area contributed by atoms with E-state index >= 15 is 0 Å². The van der Waals surface area contributed by atoms with Gasteiger partial charge < -0.3 is 9.64 Å². The van der Waals surface area contributed by atoms with Crippen molar-refractivity contribution < 1.29 is 14.3 Å². The summed E-state index contributed by atoms with van der Waals surface area (Å²) in [5.74, 6) is -0.395. The van der Waals surface area contributed by atoms with E-state index in [1.807, 2.05) is 29.2 Å². The van der Waals surface area contributed by atoms with Gasteiger partial charge in [-0.25, -0.2) is 4.90 Å². The molecule has 3 aromatic rings. The number of anilines is 1. The molecular weight excluding hydrogens is 491 g/mol. The average Bonchev–Trinajstić information content (AvgIpc) is 3.09. The molecule has 0 N–H and O–H groups in total. The first kappa shape index (κ1) is 22.8. The molecule has 0 saturated carbocycles. The number of nitrogens with zero attached hydrogens (tertiary/aromatic N) is 2. The van der Waals surface area contributed by atoms with E-state index in [-0.39, 0.29) is 5.91 Å². The van der Waals surface area contributed by atoms with Crippen LogP contribution in [0.25, 0.3) is 0 Å². The quantitative estimate of drug-likeness (QED) is 0.397. The van der Waals surface area contributed by atoms with Crippen LogP contribution in [0.2, 0.25) is 10.0 Å². The van der Waals surface area contributed by atoms with E-state index in [2.05, 4.69) is 12.1 Å². The molecule has 0 spiro atoms. The van der Waals surface area contributed by atoms with E-state index in [0.29, 0.717) is 45.2 Å². The Bertz CT molecular complexity index is 1320. The van der Waals surface area contributed by atoms with Gasteiger partial charge in [0, 0.05) is 28.0 Å². The summed E-state index contributed by atoms with van der Waals surface area (Å²) in [6, 6.07) is 20.3. The van der Waals surface area contributed by atoms with Gasteiger partial charge in [-0.2, -0.15) is 0 Å². The van der Waals surface area contributed by atoms with Crippen molar-refractivity contribution in [3.63, 3.8) is 0 Å². The summed E-state index contributed by atoms with van der Waals surface area (Å²) < 4.78 is 5.44. The molecule has 5 rings (SSSR count). The SMILES string of the molecule is COc1ccc(Cl)cc1N1C(=O)C(Sc2ccc(Cl)cc2)=C(N2CCc3ccccc3C2)C1=O. The molecule has 0 radical (unpaired) electrons. The third-order valence-electron chi connectivity index (χ3n) is 5.88. The Labute approximate surface area is 211 Å². The second kappa shape index (κ2) is 9.37. The molecule has 3 aromatic carbocycles. The van der Waals surface area contributed by atoms with Crippen LogP contribution in [-0.4, -0.2) is 30.4 Å². The number of fused-ring (bicyclic) bond motifs is 1. The van der Waals surface area contributed by atoms with Crippen LogP contribution < -0.4 is 9.64 Å². The number of thioether (sulfide) groups is 1. The first-order valence-electron chi connectivity index (χ1n) is 10.7. The molecule has 2 amide bonds. The van der Waals surface area contributed by atoms with Crippen molar-refractivity contribution in [2.75, 3.05) is 18.6 Å². The number of hydrogen-bond acceptors (Lipinski definition) is 5. The van der Waals surface area contributed by atoms with Gasteiger partial charge in [0.15, 0.2) is 0 Å². The third-order valence-corrected chi connectivity index (χ3v) is 7.45. The molecule has 0 bridgehead atoms. The van der Waals surface area contributed by atoms with Gasteiger partial charge in [0.05, 0.1) is 12.8 Å². The summed E-state index contributed by atoms with van der Waals surface area (Å²) in [4.78, 5) is 31.9. The van der Waals surface area contributed by atoms with Crippen LogP contribution in [-0.2, 0) is 22.6 Å². The van der Waals surface area contributed by atoms with Crippen LogP contribution in [0.4, 0.5) is 5.69 Å². The summed E-state index contributed by atoms with van der Waals surface area (Å²) in [5, 5.41) is 1.01. The third kappa shape index (κ3) is 4.17. The number of halogens is 2. The van der Waals surface area contributed by atoms with Crippen molar-refractivity contribution >= 4 is 52.5 Å². The first-order valence-corrected chi connectivity index (χ1v) is 12.2. The molecule has 0 aliphatic carbocycles. The summed E-state index contributed by atoms with van der Waals surface area (Å²) in [6.45, 7) is 1.19. The van der Waals surface area contributed by atoms with Crippen LogP contribution in [0, 0.1) is 0 Å². The maximum Gasteiger partial charge on any atom is 0.283 e. The van der Waals surface area contributed by atoms with Gasteiger partial charge in [0.2, 0.25) is 0 Å². The number of rotatable bonds is 5. The van der Waals surface area contributed by atoms with Gasteiger partial charge in [0.1, 0.15) is 16.4 Å². The Kier molecular flexibility index (Phi) is 6.30. The van der Waals surface area contributed by atoms with Crippen LogP contribution >= 0.6 is 35.0 Å². The van der Waals surface area contributed by atoms with Crippen LogP contribution in [0.1, 0.15) is 11.1 Å². The second-order valence-corrected chi connectivity index (χ2v) is 9.89. The number of amides is 2. The number of ether oxygens (including phenoxy) is 1. The molecule has 0 unspecified atom stereocenters. The molecule has 5 nitrogen and oxygen atoms in total. The zero-order chi connectivity index (χ0) is 23.8. The van der Waals surface area contributed by atoms with Crippen LogP contribution in [0.15, 0.2) is 82.2 Å². The minimum absolute atomic E-state index is 0.326.